The molecule has 0 saturated carbocycles. The van der Waals surface area contributed by atoms with Gasteiger partial charge in [-0.2, -0.15) is 5.10 Å². The van der Waals surface area contributed by atoms with E-state index >= 15 is 0 Å². The highest BCUT2D eigenvalue weighted by atomic mass is 19.1. The van der Waals surface area contributed by atoms with Crippen molar-refractivity contribution in [1.82, 2.24) is 15.1 Å². The number of methoxy groups -OCH3 is 1. The summed E-state index contributed by atoms with van der Waals surface area (Å²) in [7, 11) is 3.40. The standard InChI is InChI=1S/C15H20FN3O/c1-5-17-15(14-8-10(2)18-19(14)3)12-7-6-11(20-4)9-13(12)16/h6-9,15,17H,5H2,1-4H3. The van der Waals surface area contributed by atoms with E-state index in [9.17, 15) is 4.39 Å². The van der Waals surface area contributed by atoms with Crippen LogP contribution in [0.4, 0.5) is 4.39 Å². The molecule has 4 nitrogen and oxygen atoms in total. The largest absolute Gasteiger partial charge is 0.497 e. The molecule has 5 heteroatoms. The Balaban J connectivity index is 2.45. The number of hydrogen-bond donors (Lipinski definition) is 1. The first-order valence-electron chi connectivity index (χ1n) is 6.64. The van der Waals surface area contributed by atoms with Gasteiger partial charge in [-0.05, 0) is 25.6 Å². The molecule has 1 aromatic carbocycles. The minimum Gasteiger partial charge on any atom is -0.497 e. The van der Waals surface area contributed by atoms with E-state index in [2.05, 4.69) is 10.4 Å². The first-order valence-corrected chi connectivity index (χ1v) is 6.64. The fourth-order valence-corrected chi connectivity index (χ4v) is 2.35. The highest BCUT2D eigenvalue weighted by Crippen LogP contribution is 2.27. The van der Waals surface area contributed by atoms with E-state index in [4.69, 9.17) is 4.74 Å². The van der Waals surface area contributed by atoms with E-state index in [1.54, 1.807) is 16.8 Å². The Hall–Kier alpha value is -1.88. The number of aryl methyl sites for hydroxylation is 2. The van der Waals surface area contributed by atoms with Crippen LogP contribution in [0.25, 0.3) is 0 Å². The van der Waals surface area contributed by atoms with Gasteiger partial charge in [0.05, 0.1) is 24.5 Å². The van der Waals surface area contributed by atoms with Crippen molar-refractivity contribution in [3.8, 4) is 5.75 Å². The number of ether oxygens (including phenoxy) is 1. The number of nitrogens with one attached hydrogen (secondary N) is 1. The molecule has 1 N–H and O–H groups in total. The number of aromatic nitrogens is 2. The number of hydrogen-bond acceptors (Lipinski definition) is 3. The van der Waals surface area contributed by atoms with E-state index in [1.165, 1.54) is 13.2 Å². The van der Waals surface area contributed by atoms with Gasteiger partial charge >= 0.3 is 0 Å². The highest BCUT2D eigenvalue weighted by molar-refractivity contribution is 5.35. The lowest BCUT2D eigenvalue weighted by atomic mass is 10.0. The normalized spacial score (nSPS) is 12.4. The first kappa shape index (κ1) is 14.5. The maximum Gasteiger partial charge on any atom is 0.132 e. The maximum atomic E-state index is 14.3. The lowest BCUT2D eigenvalue weighted by Crippen LogP contribution is -2.25. The van der Waals surface area contributed by atoms with Crippen LogP contribution in [0, 0.1) is 12.7 Å². The molecule has 0 aliphatic heterocycles. The molecule has 0 spiro atoms. The summed E-state index contributed by atoms with van der Waals surface area (Å²) in [6.07, 6.45) is 0. The average molecular weight is 277 g/mol. The molecule has 0 radical (unpaired) electrons. The smallest absolute Gasteiger partial charge is 0.132 e. The quantitative estimate of drug-likeness (QED) is 0.913. The third-order valence-corrected chi connectivity index (χ3v) is 3.26. The summed E-state index contributed by atoms with van der Waals surface area (Å²) in [6.45, 7) is 4.66. The molecule has 0 bridgehead atoms. The van der Waals surface area contributed by atoms with Crippen LogP contribution in [0.1, 0.15) is 29.9 Å². The van der Waals surface area contributed by atoms with Crippen molar-refractivity contribution in [1.29, 1.82) is 0 Å². The summed E-state index contributed by atoms with van der Waals surface area (Å²) in [4.78, 5) is 0. The zero-order valence-corrected chi connectivity index (χ0v) is 12.3. The SMILES string of the molecule is CCNC(c1ccc(OC)cc1F)c1cc(C)nn1C. The molecule has 2 aromatic rings. The van der Waals surface area contributed by atoms with Crippen LogP contribution in [-0.4, -0.2) is 23.4 Å². The minimum absolute atomic E-state index is 0.225. The van der Waals surface area contributed by atoms with Gasteiger partial charge in [-0.1, -0.05) is 13.0 Å². The summed E-state index contributed by atoms with van der Waals surface area (Å²) in [5.74, 6) is 0.233. The van der Waals surface area contributed by atoms with Gasteiger partial charge in [-0.25, -0.2) is 4.39 Å². The van der Waals surface area contributed by atoms with Crippen molar-refractivity contribution >= 4 is 0 Å². The van der Waals surface area contributed by atoms with Gasteiger partial charge < -0.3 is 10.1 Å². The molecule has 108 valence electrons. The number of benzene rings is 1. The molecular weight excluding hydrogens is 257 g/mol. The predicted molar refractivity (Wildman–Crippen MR) is 76.4 cm³/mol. The second kappa shape index (κ2) is 6.05. The van der Waals surface area contributed by atoms with Crippen LogP contribution in [0.3, 0.4) is 0 Å². The Labute approximate surface area is 118 Å². The van der Waals surface area contributed by atoms with Gasteiger partial charge in [0.25, 0.3) is 0 Å². The van der Waals surface area contributed by atoms with Gasteiger partial charge in [0.1, 0.15) is 11.6 Å². The summed E-state index contributed by atoms with van der Waals surface area (Å²) in [5, 5.41) is 7.64. The number of rotatable bonds is 5. The van der Waals surface area contributed by atoms with Crippen LogP contribution < -0.4 is 10.1 Å². The molecule has 0 aliphatic rings. The van der Waals surface area contributed by atoms with Crippen LogP contribution in [-0.2, 0) is 7.05 Å². The molecule has 0 fully saturated rings. The Morgan fingerprint density at radius 1 is 1.40 bits per heavy atom. The molecule has 1 aromatic heterocycles. The lowest BCUT2D eigenvalue weighted by Gasteiger charge is -2.19. The van der Waals surface area contributed by atoms with Gasteiger partial charge in [0, 0.05) is 18.7 Å². The van der Waals surface area contributed by atoms with Crippen molar-refractivity contribution in [2.45, 2.75) is 19.9 Å². The van der Waals surface area contributed by atoms with Gasteiger partial charge in [0.2, 0.25) is 0 Å². The third kappa shape index (κ3) is 2.82. The van der Waals surface area contributed by atoms with E-state index < -0.39 is 0 Å². The molecule has 1 unspecified atom stereocenters. The second-order valence-corrected chi connectivity index (χ2v) is 4.71. The molecule has 0 aliphatic carbocycles. The fourth-order valence-electron chi connectivity index (χ4n) is 2.35. The van der Waals surface area contributed by atoms with Gasteiger partial charge in [-0.3, -0.25) is 4.68 Å². The molecule has 20 heavy (non-hydrogen) atoms. The Morgan fingerprint density at radius 3 is 2.65 bits per heavy atom. The number of halogens is 1. The summed E-state index contributed by atoms with van der Waals surface area (Å²) >= 11 is 0. The maximum absolute atomic E-state index is 14.3. The zero-order chi connectivity index (χ0) is 14.7. The molecular formula is C15H20FN3O. The van der Waals surface area contributed by atoms with Crippen molar-refractivity contribution in [3.05, 3.63) is 47.0 Å². The Bertz CT molecular complexity index is 595. The van der Waals surface area contributed by atoms with E-state index in [0.717, 1.165) is 17.9 Å². The third-order valence-electron chi connectivity index (χ3n) is 3.26. The molecule has 0 saturated heterocycles. The van der Waals surface area contributed by atoms with Crippen molar-refractivity contribution in [3.63, 3.8) is 0 Å². The molecule has 2 rings (SSSR count). The zero-order valence-electron chi connectivity index (χ0n) is 12.3. The summed E-state index contributed by atoms with van der Waals surface area (Å²) < 4.78 is 21.1. The lowest BCUT2D eigenvalue weighted by molar-refractivity contribution is 0.409. The van der Waals surface area contributed by atoms with Crippen molar-refractivity contribution in [2.75, 3.05) is 13.7 Å². The minimum atomic E-state index is -0.283. The number of nitrogens with zero attached hydrogens (tertiary/aromatic N) is 2. The van der Waals surface area contributed by atoms with Crippen LogP contribution in [0.2, 0.25) is 0 Å². The van der Waals surface area contributed by atoms with E-state index in [0.29, 0.717) is 11.3 Å². The topological polar surface area (TPSA) is 39.1 Å². The highest BCUT2D eigenvalue weighted by Gasteiger charge is 2.21. The second-order valence-electron chi connectivity index (χ2n) is 4.71. The first-order chi connectivity index (χ1) is 9.56. The average Bonchev–Trinajstić information content (AvgIpc) is 2.75. The Kier molecular flexibility index (Phi) is 4.39. The monoisotopic (exact) mass is 277 g/mol. The van der Waals surface area contributed by atoms with E-state index in [-0.39, 0.29) is 11.9 Å². The summed E-state index contributed by atoms with van der Waals surface area (Å²) in [6, 6.07) is 6.67. The molecule has 1 heterocycles. The van der Waals surface area contributed by atoms with Gasteiger partial charge in [-0.15, -0.1) is 0 Å². The van der Waals surface area contributed by atoms with E-state index in [1.807, 2.05) is 27.0 Å². The summed E-state index contributed by atoms with van der Waals surface area (Å²) in [5.41, 5.74) is 2.45. The van der Waals surface area contributed by atoms with Crippen LogP contribution in [0.15, 0.2) is 24.3 Å². The Morgan fingerprint density at radius 2 is 2.15 bits per heavy atom. The fraction of sp³-hybridized carbons (Fsp3) is 0.400. The molecule has 1 atom stereocenters. The van der Waals surface area contributed by atoms with Gasteiger partial charge in [0.15, 0.2) is 0 Å². The molecule has 0 amide bonds. The van der Waals surface area contributed by atoms with Crippen LogP contribution in [0.5, 0.6) is 5.75 Å². The van der Waals surface area contributed by atoms with Crippen molar-refractivity contribution < 1.29 is 9.13 Å². The van der Waals surface area contributed by atoms with Crippen LogP contribution >= 0.6 is 0 Å². The van der Waals surface area contributed by atoms with Crippen molar-refractivity contribution in [2.24, 2.45) is 7.05 Å². The predicted octanol–water partition coefficient (Wildman–Crippen LogP) is 2.58.